The molecule has 0 spiro atoms. The lowest BCUT2D eigenvalue weighted by Gasteiger charge is -2.12. The fraction of sp³-hybridized carbons (Fsp3) is 0. The molecular weight excluding hydrogens is 478 g/mol. The Labute approximate surface area is 224 Å². The van der Waals surface area contributed by atoms with Crippen LogP contribution in [0, 0.1) is 0 Å². The van der Waals surface area contributed by atoms with E-state index in [-0.39, 0.29) is 0 Å². The van der Waals surface area contributed by atoms with E-state index in [1.165, 1.54) is 0 Å². The first-order chi connectivity index (χ1) is 19.3. The van der Waals surface area contributed by atoms with Crippen molar-refractivity contribution < 1.29 is 4.42 Å². The summed E-state index contributed by atoms with van der Waals surface area (Å²) < 4.78 is 6.47. The Bertz CT molecular complexity index is 2180. The second kappa shape index (κ2) is 8.61. The number of furan rings is 1. The highest BCUT2D eigenvalue weighted by Gasteiger charge is 2.17. The van der Waals surface area contributed by atoms with Gasteiger partial charge in [0.05, 0.1) is 28.3 Å². The predicted molar refractivity (Wildman–Crippen MR) is 158 cm³/mol. The van der Waals surface area contributed by atoms with Crippen molar-refractivity contribution in [3.05, 3.63) is 128 Å². The van der Waals surface area contributed by atoms with E-state index in [0.29, 0.717) is 0 Å². The number of rotatable bonds is 3. The molecule has 0 saturated carbocycles. The number of hydrogen-bond donors (Lipinski definition) is 0. The van der Waals surface area contributed by atoms with Gasteiger partial charge in [-0.3, -0.25) is 4.98 Å². The van der Waals surface area contributed by atoms with Crippen molar-refractivity contribution in [3.8, 4) is 33.9 Å². The maximum atomic E-state index is 6.47. The summed E-state index contributed by atoms with van der Waals surface area (Å²) in [5, 5.41) is 5.47. The first-order valence-electron chi connectivity index (χ1n) is 13.0. The predicted octanol–water partition coefficient (Wildman–Crippen LogP) is 9.08. The van der Waals surface area contributed by atoms with Gasteiger partial charge in [-0.1, -0.05) is 72.8 Å². The zero-order chi connectivity index (χ0) is 25.8. The molecule has 4 aromatic carbocycles. The highest BCUT2D eigenvalue weighted by Crippen LogP contribution is 2.40. The Morgan fingerprint density at radius 3 is 2.15 bits per heavy atom. The first-order valence-corrected chi connectivity index (χ1v) is 13.0. The molecule has 0 unspecified atom stereocenters. The van der Waals surface area contributed by atoms with Gasteiger partial charge in [-0.05, 0) is 48.5 Å². The minimum atomic E-state index is 0.847. The van der Waals surface area contributed by atoms with Crippen molar-refractivity contribution in [1.82, 2.24) is 15.0 Å². The first kappa shape index (κ1) is 21.7. The van der Waals surface area contributed by atoms with Crippen LogP contribution in [-0.4, -0.2) is 15.0 Å². The van der Waals surface area contributed by atoms with Crippen molar-refractivity contribution in [2.45, 2.75) is 0 Å². The maximum absolute atomic E-state index is 6.47. The SMILES string of the molecule is c1ccc(-c2cccc(-c3cccc(-c4nc5ccccc5c5c4ccc4c6ccccc6oc45)c3)n2)nc1. The highest BCUT2D eigenvalue weighted by atomic mass is 16.3. The van der Waals surface area contributed by atoms with Gasteiger partial charge in [0.1, 0.15) is 11.2 Å². The van der Waals surface area contributed by atoms with Crippen LogP contribution in [0.1, 0.15) is 0 Å². The van der Waals surface area contributed by atoms with Crippen LogP contribution in [0.4, 0.5) is 0 Å². The average Bonchev–Trinajstić information content (AvgIpc) is 3.40. The number of fused-ring (bicyclic) bond motifs is 7. The topological polar surface area (TPSA) is 51.8 Å². The van der Waals surface area contributed by atoms with Gasteiger partial charge in [0, 0.05) is 44.3 Å². The minimum Gasteiger partial charge on any atom is -0.455 e. The minimum absolute atomic E-state index is 0.847. The molecule has 8 aromatic rings. The van der Waals surface area contributed by atoms with Gasteiger partial charge in [-0.15, -0.1) is 0 Å². The maximum Gasteiger partial charge on any atom is 0.144 e. The molecule has 0 aliphatic rings. The molecule has 4 heteroatoms. The fourth-order valence-electron chi connectivity index (χ4n) is 5.52. The van der Waals surface area contributed by atoms with E-state index >= 15 is 0 Å². The molecule has 0 aliphatic carbocycles. The Balaban J connectivity index is 1.36. The molecule has 4 heterocycles. The molecule has 0 fully saturated rings. The van der Waals surface area contributed by atoms with E-state index in [0.717, 1.165) is 77.5 Å². The summed E-state index contributed by atoms with van der Waals surface area (Å²) in [5.74, 6) is 0. The molecule has 0 aliphatic heterocycles. The molecule has 0 amide bonds. The zero-order valence-corrected chi connectivity index (χ0v) is 20.9. The van der Waals surface area contributed by atoms with Crippen LogP contribution in [0.25, 0.3) is 77.5 Å². The summed E-state index contributed by atoms with van der Waals surface area (Å²) in [5.41, 5.74) is 8.31. The highest BCUT2D eigenvalue weighted by molar-refractivity contribution is 6.24. The molecule has 0 saturated heterocycles. The van der Waals surface area contributed by atoms with Crippen LogP contribution in [0.5, 0.6) is 0 Å². The molecule has 4 nitrogen and oxygen atoms in total. The molecular formula is C35H21N3O. The molecule has 0 radical (unpaired) electrons. The van der Waals surface area contributed by atoms with E-state index in [9.17, 15) is 0 Å². The summed E-state index contributed by atoms with van der Waals surface area (Å²) in [6.07, 6.45) is 1.79. The number of benzene rings is 4. The van der Waals surface area contributed by atoms with Crippen LogP contribution in [0.3, 0.4) is 0 Å². The standard InChI is InChI=1S/C35H21N3O/c1-3-13-29-26(12-1)33-27(19-18-25-24-11-2-4-17-32(24)39-35(25)33)34(38-29)23-10-7-9-22(21-23)28-15-8-16-31(37-28)30-14-5-6-20-36-30/h1-21H. The van der Waals surface area contributed by atoms with Crippen LogP contribution in [0.2, 0.25) is 0 Å². The van der Waals surface area contributed by atoms with Gasteiger partial charge in [-0.25, -0.2) is 9.97 Å². The van der Waals surface area contributed by atoms with Gasteiger partial charge in [0.25, 0.3) is 0 Å². The van der Waals surface area contributed by atoms with Crippen LogP contribution >= 0.6 is 0 Å². The average molecular weight is 500 g/mol. The van der Waals surface area contributed by atoms with Gasteiger partial charge in [0.2, 0.25) is 0 Å². The van der Waals surface area contributed by atoms with Crippen molar-refractivity contribution in [2.24, 2.45) is 0 Å². The Morgan fingerprint density at radius 1 is 0.487 bits per heavy atom. The van der Waals surface area contributed by atoms with Gasteiger partial charge in [-0.2, -0.15) is 0 Å². The van der Waals surface area contributed by atoms with E-state index in [4.69, 9.17) is 14.4 Å². The number of hydrogen-bond acceptors (Lipinski definition) is 4. The lowest BCUT2D eigenvalue weighted by Crippen LogP contribution is -1.92. The molecule has 182 valence electrons. The Morgan fingerprint density at radius 2 is 1.23 bits per heavy atom. The molecule has 0 atom stereocenters. The van der Waals surface area contributed by atoms with Crippen molar-refractivity contribution in [2.75, 3.05) is 0 Å². The smallest absolute Gasteiger partial charge is 0.144 e. The Hall–Kier alpha value is -5.35. The zero-order valence-electron chi connectivity index (χ0n) is 20.9. The van der Waals surface area contributed by atoms with Crippen LogP contribution in [-0.2, 0) is 0 Å². The number of pyridine rings is 3. The Kier molecular flexibility index (Phi) is 4.79. The second-order valence-corrected chi connectivity index (χ2v) is 9.64. The monoisotopic (exact) mass is 499 g/mol. The van der Waals surface area contributed by atoms with Gasteiger partial charge >= 0.3 is 0 Å². The summed E-state index contributed by atoms with van der Waals surface area (Å²) in [4.78, 5) is 14.6. The molecule has 0 N–H and O–H groups in total. The fourth-order valence-corrected chi connectivity index (χ4v) is 5.52. The van der Waals surface area contributed by atoms with E-state index in [1.807, 2.05) is 54.6 Å². The lowest BCUT2D eigenvalue weighted by molar-refractivity contribution is 0.673. The molecule has 4 aromatic heterocycles. The number of aromatic nitrogens is 3. The van der Waals surface area contributed by atoms with Gasteiger partial charge < -0.3 is 4.42 Å². The normalized spacial score (nSPS) is 11.6. The number of para-hydroxylation sites is 2. The third kappa shape index (κ3) is 3.50. The third-order valence-electron chi connectivity index (χ3n) is 7.32. The van der Waals surface area contributed by atoms with Crippen LogP contribution < -0.4 is 0 Å². The van der Waals surface area contributed by atoms with Gasteiger partial charge in [0.15, 0.2) is 0 Å². The molecule has 8 rings (SSSR count). The summed E-state index contributed by atoms with van der Waals surface area (Å²) in [7, 11) is 0. The molecule has 0 bridgehead atoms. The third-order valence-corrected chi connectivity index (χ3v) is 7.32. The summed E-state index contributed by atoms with van der Waals surface area (Å²) in [6.45, 7) is 0. The summed E-state index contributed by atoms with van der Waals surface area (Å²) in [6, 6.07) is 41.2. The van der Waals surface area contributed by atoms with Crippen molar-refractivity contribution in [3.63, 3.8) is 0 Å². The van der Waals surface area contributed by atoms with E-state index in [2.05, 4.69) is 71.7 Å². The number of nitrogens with zero attached hydrogens (tertiary/aromatic N) is 3. The van der Waals surface area contributed by atoms with E-state index < -0.39 is 0 Å². The van der Waals surface area contributed by atoms with Crippen LogP contribution in [0.15, 0.2) is 132 Å². The molecule has 39 heavy (non-hydrogen) atoms. The lowest BCUT2D eigenvalue weighted by atomic mass is 9.96. The van der Waals surface area contributed by atoms with E-state index in [1.54, 1.807) is 6.20 Å². The largest absolute Gasteiger partial charge is 0.455 e. The van der Waals surface area contributed by atoms with Crippen molar-refractivity contribution in [1.29, 1.82) is 0 Å². The second-order valence-electron chi connectivity index (χ2n) is 9.64. The quantitative estimate of drug-likeness (QED) is 0.228. The summed E-state index contributed by atoms with van der Waals surface area (Å²) >= 11 is 0. The van der Waals surface area contributed by atoms with Crippen molar-refractivity contribution >= 4 is 43.6 Å².